The predicted molar refractivity (Wildman–Crippen MR) is 115 cm³/mol. The molecule has 156 valence electrons. The van der Waals surface area contributed by atoms with E-state index in [-0.39, 0.29) is 6.03 Å². The molecule has 2 fully saturated rings. The van der Waals surface area contributed by atoms with Crippen LogP contribution in [0, 0.1) is 5.92 Å². The molecular formula is C22H36N4O2. The maximum Gasteiger partial charge on any atom is 0.319 e. The van der Waals surface area contributed by atoms with E-state index in [0.717, 1.165) is 50.5 Å². The van der Waals surface area contributed by atoms with Gasteiger partial charge in [-0.2, -0.15) is 0 Å². The van der Waals surface area contributed by atoms with Crippen LogP contribution in [0.25, 0.3) is 0 Å². The number of urea groups is 1. The summed E-state index contributed by atoms with van der Waals surface area (Å²) in [4.78, 5) is 17.2. The van der Waals surface area contributed by atoms with Gasteiger partial charge < -0.3 is 25.2 Å². The summed E-state index contributed by atoms with van der Waals surface area (Å²) < 4.78 is 5.98. The van der Waals surface area contributed by atoms with Gasteiger partial charge in [0.2, 0.25) is 0 Å². The van der Waals surface area contributed by atoms with Crippen LogP contribution in [0.3, 0.4) is 0 Å². The Labute approximate surface area is 169 Å². The predicted octanol–water partition coefficient (Wildman–Crippen LogP) is 3.55. The topological polar surface area (TPSA) is 56.8 Å². The Morgan fingerprint density at radius 2 is 1.89 bits per heavy atom. The molecule has 1 saturated heterocycles. The standard InChI is InChI=1S/C22H36N4O2/c1-3-25-13-15-26(16-14-25)20-10-6-5-9-19(20)24-22(27)23-12-17-28-21-11-7-4-8-18(21)2/h5-6,9-10,18,21H,3-4,7-8,11-17H2,1-2H3,(H2,23,24,27). The van der Waals surface area contributed by atoms with Gasteiger partial charge in [-0.15, -0.1) is 0 Å². The van der Waals surface area contributed by atoms with Gasteiger partial charge in [0.25, 0.3) is 0 Å². The number of benzene rings is 1. The molecule has 1 saturated carbocycles. The average molecular weight is 389 g/mol. The summed E-state index contributed by atoms with van der Waals surface area (Å²) in [5.74, 6) is 0.627. The fourth-order valence-corrected chi connectivity index (χ4v) is 4.23. The first-order valence-electron chi connectivity index (χ1n) is 10.9. The number of ether oxygens (including phenoxy) is 1. The van der Waals surface area contributed by atoms with E-state index in [9.17, 15) is 4.79 Å². The van der Waals surface area contributed by atoms with Gasteiger partial charge in [-0.25, -0.2) is 4.79 Å². The molecule has 2 N–H and O–H groups in total. The van der Waals surface area contributed by atoms with Gasteiger partial charge in [0.15, 0.2) is 0 Å². The zero-order valence-corrected chi connectivity index (χ0v) is 17.5. The summed E-state index contributed by atoms with van der Waals surface area (Å²) in [6.07, 6.45) is 5.32. The lowest BCUT2D eigenvalue weighted by atomic mass is 9.88. The molecular weight excluding hydrogens is 352 g/mol. The van der Waals surface area contributed by atoms with E-state index in [1.165, 1.54) is 19.3 Å². The Bertz CT molecular complexity index is 616. The minimum atomic E-state index is -0.167. The molecule has 0 radical (unpaired) electrons. The quantitative estimate of drug-likeness (QED) is 0.702. The van der Waals surface area contributed by atoms with Gasteiger partial charge in [0, 0.05) is 32.7 Å². The van der Waals surface area contributed by atoms with Gasteiger partial charge in [-0.05, 0) is 37.4 Å². The highest BCUT2D eigenvalue weighted by atomic mass is 16.5. The lowest BCUT2D eigenvalue weighted by Gasteiger charge is -2.36. The molecule has 0 bridgehead atoms. The number of carbonyl (C=O) groups excluding carboxylic acids is 1. The van der Waals surface area contributed by atoms with Gasteiger partial charge in [-0.1, -0.05) is 38.8 Å². The number of carbonyl (C=O) groups is 1. The summed E-state index contributed by atoms with van der Waals surface area (Å²) in [6.45, 7) is 10.8. The highest BCUT2D eigenvalue weighted by molar-refractivity contribution is 5.93. The molecule has 3 rings (SSSR count). The highest BCUT2D eigenvalue weighted by Crippen LogP contribution is 2.27. The third kappa shape index (κ3) is 5.85. The Morgan fingerprint density at radius 3 is 2.64 bits per heavy atom. The number of para-hydroxylation sites is 2. The minimum Gasteiger partial charge on any atom is -0.376 e. The van der Waals surface area contributed by atoms with Crippen molar-refractivity contribution in [1.29, 1.82) is 0 Å². The summed E-state index contributed by atoms with van der Waals surface area (Å²) in [7, 11) is 0. The zero-order valence-electron chi connectivity index (χ0n) is 17.5. The number of nitrogens with zero attached hydrogens (tertiary/aromatic N) is 2. The zero-order chi connectivity index (χ0) is 19.8. The summed E-state index contributed by atoms with van der Waals surface area (Å²) in [5, 5.41) is 5.95. The van der Waals surface area contributed by atoms with E-state index >= 15 is 0 Å². The number of anilines is 2. The maximum absolute atomic E-state index is 12.4. The number of amides is 2. The molecule has 1 aliphatic carbocycles. The van der Waals surface area contributed by atoms with E-state index < -0.39 is 0 Å². The van der Waals surface area contributed by atoms with Crippen molar-refractivity contribution in [3.8, 4) is 0 Å². The molecule has 2 unspecified atom stereocenters. The largest absolute Gasteiger partial charge is 0.376 e. The normalized spacial score (nSPS) is 23.4. The van der Waals surface area contributed by atoms with Crippen LogP contribution in [0.2, 0.25) is 0 Å². The Morgan fingerprint density at radius 1 is 1.14 bits per heavy atom. The molecule has 2 aliphatic rings. The van der Waals surface area contributed by atoms with Crippen LogP contribution in [0.4, 0.5) is 16.2 Å². The van der Waals surface area contributed by atoms with Crippen molar-refractivity contribution in [2.45, 2.75) is 45.6 Å². The minimum absolute atomic E-state index is 0.167. The van der Waals surface area contributed by atoms with E-state index in [1.807, 2.05) is 18.2 Å². The first-order valence-corrected chi connectivity index (χ1v) is 10.9. The van der Waals surface area contributed by atoms with Crippen LogP contribution in [0.15, 0.2) is 24.3 Å². The van der Waals surface area contributed by atoms with Crippen LogP contribution in [0.1, 0.15) is 39.5 Å². The summed E-state index contributed by atoms with van der Waals surface area (Å²) in [6, 6.07) is 7.89. The molecule has 1 aliphatic heterocycles. The Kier molecular flexibility index (Phi) is 7.98. The molecule has 1 heterocycles. The fourth-order valence-electron chi connectivity index (χ4n) is 4.23. The van der Waals surface area contributed by atoms with Crippen molar-refractivity contribution in [1.82, 2.24) is 10.2 Å². The van der Waals surface area contributed by atoms with Gasteiger partial charge in [-0.3, -0.25) is 0 Å². The fraction of sp³-hybridized carbons (Fsp3) is 0.682. The number of hydrogen-bond donors (Lipinski definition) is 2. The average Bonchev–Trinajstić information content (AvgIpc) is 2.73. The molecule has 1 aromatic carbocycles. The second kappa shape index (κ2) is 10.7. The SMILES string of the molecule is CCN1CCN(c2ccccc2NC(=O)NCCOC2CCCCC2C)CC1. The van der Waals surface area contributed by atoms with E-state index in [1.54, 1.807) is 0 Å². The maximum atomic E-state index is 12.4. The molecule has 28 heavy (non-hydrogen) atoms. The van der Waals surface area contributed by atoms with Crippen LogP contribution in [0.5, 0.6) is 0 Å². The van der Waals surface area contributed by atoms with Gasteiger partial charge in [0.05, 0.1) is 24.1 Å². The van der Waals surface area contributed by atoms with Crippen molar-refractivity contribution in [2.75, 3.05) is 56.1 Å². The second-order valence-corrected chi connectivity index (χ2v) is 7.99. The van der Waals surface area contributed by atoms with Crippen LogP contribution in [-0.4, -0.2) is 62.9 Å². The molecule has 6 heteroatoms. The molecule has 6 nitrogen and oxygen atoms in total. The third-order valence-electron chi connectivity index (χ3n) is 6.06. The molecule has 0 aromatic heterocycles. The smallest absolute Gasteiger partial charge is 0.319 e. The number of hydrogen-bond acceptors (Lipinski definition) is 4. The number of rotatable bonds is 7. The molecule has 2 amide bonds. The second-order valence-electron chi connectivity index (χ2n) is 7.99. The lowest BCUT2D eigenvalue weighted by Crippen LogP contribution is -2.46. The number of nitrogens with one attached hydrogen (secondary N) is 2. The van der Waals surface area contributed by atoms with E-state index in [0.29, 0.717) is 25.2 Å². The van der Waals surface area contributed by atoms with Crippen LogP contribution in [-0.2, 0) is 4.74 Å². The Balaban J connectivity index is 1.44. The van der Waals surface area contributed by atoms with E-state index in [2.05, 4.69) is 40.3 Å². The van der Waals surface area contributed by atoms with E-state index in [4.69, 9.17) is 4.74 Å². The molecule has 0 spiro atoms. The van der Waals surface area contributed by atoms with Crippen molar-refractivity contribution >= 4 is 17.4 Å². The molecule has 1 aromatic rings. The third-order valence-corrected chi connectivity index (χ3v) is 6.06. The van der Waals surface area contributed by atoms with Crippen LogP contribution < -0.4 is 15.5 Å². The summed E-state index contributed by atoms with van der Waals surface area (Å²) >= 11 is 0. The highest BCUT2D eigenvalue weighted by Gasteiger charge is 2.22. The number of likely N-dealkylation sites (N-methyl/N-ethyl adjacent to an activating group) is 1. The van der Waals surface area contributed by atoms with Crippen LogP contribution >= 0.6 is 0 Å². The summed E-state index contributed by atoms with van der Waals surface area (Å²) in [5.41, 5.74) is 1.97. The number of piperazine rings is 1. The first-order chi connectivity index (χ1) is 13.7. The van der Waals surface area contributed by atoms with Crippen molar-refractivity contribution in [3.05, 3.63) is 24.3 Å². The van der Waals surface area contributed by atoms with Crippen molar-refractivity contribution in [2.24, 2.45) is 5.92 Å². The van der Waals surface area contributed by atoms with Gasteiger partial charge in [0.1, 0.15) is 0 Å². The monoisotopic (exact) mass is 388 g/mol. The Hall–Kier alpha value is -1.79. The lowest BCUT2D eigenvalue weighted by molar-refractivity contribution is -0.00232. The molecule has 2 atom stereocenters. The van der Waals surface area contributed by atoms with Gasteiger partial charge >= 0.3 is 6.03 Å². The van der Waals surface area contributed by atoms with Crippen molar-refractivity contribution in [3.63, 3.8) is 0 Å². The first kappa shape index (κ1) is 20.9. The van der Waals surface area contributed by atoms with Crippen molar-refractivity contribution < 1.29 is 9.53 Å².